The summed E-state index contributed by atoms with van der Waals surface area (Å²) in [6, 6.07) is 7.57. The number of benzene rings is 1. The molecular formula is C14H22FIOSi. The SMILES string of the molecule is CC(C)(C)[Si](C)(C)OC(F)c1ccc(CI)cc1. The van der Waals surface area contributed by atoms with E-state index in [0.29, 0.717) is 5.56 Å². The van der Waals surface area contributed by atoms with Crippen LogP contribution in [0.2, 0.25) is 18.1 Å². The van der Waals surface area contributed by atoms with Gasteiger partial charge in [0.15, 0.2) is 8.32 Å². The second-order valence-electron chi connectivity index (χ2n) is 6.07. The van der Waals surface area contributed by atoms with E-state index in [2.05, 4.69) is 56.5 Å². The largest absolute Gasteiger partial charge is 0.385 e. The quantitative estimate of drug-likeness (QED) is 0.375. The summed E-state index contributed by atoms with van der Waals surface area (Å²) in [6.45, 7) is 10.5. The van der Waals surface area contributed by atoms with Gasteiger partial charge in [0, 0.05) is 9.99 Å². The monoisotopic (exact) mass is 380 g/mol. The van der Waals surface area contributed by atoms with E-state index in [1.807, 2.05) is 24.3 Å². The first kappa shape index (κ1) is 16.1. The topological polar surface area (TPSA) is 9.23 Å². The minimum Gasteiger partial charge on any atom is -0.385 e. The van der Waals surface area contributed by atoms with Gasteiger partial charge in [0.05, 0.1) is 0 Å². The second-order valence-corrected chi connectivity index (χ2v) is 11.6. The van der Waals surface area contributed by atoms with Crippen molar-refractivity contribution in [3.8, 4) is 0 Å². The molecule has 0 saturated carbocycles. The van der Waals surface area contributed by atoms with Gasteiger partial charge >= 0.3 is 0 Å². The number of alkyl halides is 2. The van der Waals surface area contributed by atoms with Gasteiger partial charge in [-0.2, -0.15) is 0 Å². The molecule has 1 atom stereocenters. The minimum absolute atomic E-state index is 0.0273. The lowest BCUT2D eigenvalue weighted by atomic mass is 10.1. The smallest absolute Gasteiger partial charge is 0.216 e. The van der Waals surface area contributed by atoms with Crippen molar-refractivity contribution in [3.63, 3.8) is 0 Å². The van der Waals surface area contributed by atoms with Gasteiger partial charge in [-0.1, -0.05) is 67.6 Å². The molecule has 0 bridgehead atoms. The van der Waals surface area contributed by atoms with Crippen LogP contribution in [0.15, 0.2) is 24.3 Å². The van der Waals surface area contributed by atoms with E-state index in [0.717, 1.165) is 4.43 Å². The minimum atomic E-state index is -2.05. The van der Waals surface area contributed by atoms with Gasteiger partial charge in [-0.05, 0) is 23.7 Å². The van der Waals surface area contributed by atoms with Crippen LogP contribution in [0.4, 0.5) is 4.39 Å². The Kier molecular flexibility index (Phi) is 5.38. The summed E-state index contributed by atoms with van der Waals surface area (Å²) in [5, 5.41) is 0.0273. The Labute approximate surface area is 124 Å². The molecule has 0 saturated heterocycles. The van der Waals surface area contributed by atoms with Crippen molar-refractivity contribution in [2.45, 2.75) is 49.7 Å². The summed E-state index contributed by atoms with van der Waals surface area (Å²) < 4.78 is 20.9. The van der Waals surface area contributed by atoms with Gasteiger partial charge in [0.2, 0.25) is 6.36 Å². The van der Waals surface area contributed by atoms with Gasteiger partial charge in [-0.15, -0.1) is 0 Å². The zero-order chi connectivity index (χ0) is 14.0. The van der Waals surface area contributed by atoms with Crippen LogP contribution in [0.25, 0.3) is 0 Å². The zero-order valence-electron chi connectivity index (χ0n) is 11.8. The molecule has 0 fully saturated rings. The third-order valence-electron chi connectivity index (χ3n) is 3.60. The van der Waals surface area contributed by atoms with Gasteiger partial charge in [0.25, 0.3) is 0 Å². The maximum absolute atomic E-state index is 14.2. The Morgan fingerprint density at radius 1 is 1.22 bits per heavy atom. The molecule has 0 spiro atoms. The van der Waals surface area contributed by atoms with Crippen molar-refractivity contribution < 1.29 is 8.82 Å². The summed E-state index contributed by atoms with van der Waals surface area (Å²) in [5.41, 5.74) is 1.83. The fraction of sp³-hybridized carbons (Fsp3) is 0.571. The average Bonchev–Trinajstić information content (AvgIpc) is 2.27. The Hall–Kier alpha value is 0.0569. The molecular weight excluding hydrogens is 358 g/mol. The lowest BCUT2D eigenvalue weighted by molar-refractivity contribution is 0.0525. The van der Waals surface area contributed by atoms with Crippen molar-refractivity contribution in [2.75, 3.05) is 0 Å². The van der Waals surface area contributed by atoms with E-state index in [1.54, 1.807) is 0 Å². The normalized spacial score (nSPS) is 14.6. The molecule has 0 aliphatic carbocycles. The molecule has 0 N–H and O–H groups in total. The molecule has 0 radical (unpaired) electrons. The highest BCUT2D eigenvalue weighted by Crippen LogP contribution is 2.40. The van der Waals surface area contributed by atoms with Crippen LogP contribution in [0.3, 0.4) is 0 Å². The lowest BCUT2D eigenvalue weighted by Gasteiger charge is -2.37. The van der Waals surface area contributed by atoms with Crippen LogP contribution in [-0.2, 0) is 8.85 Å². The van der Waals surface area contributed by atoms with Crippen LogP contribution in [-0.4, -0.2) is 8.32 Å². The fourth-order valence-electron chi connectivity index (χ4n) is 1.26. The van der Waals surface area contributed by atoms with Gasteiger partial charge in [-0.25, -0.2) is 4.39 Å². The second kappa shape index (κ2) is 6.01. The van der Waals surface area contributed by atoms with Crippen LogP contribution >= 0.6 is 22.6 Å². The highest BCUT2D eigenvalue weighted by atomic mass is 127. The van der Waals surface area contributed by atoms with Gasteiger partial charge < -0.3 is 4.43 Å². The van der Waals surface area contributed by atoms with E-state index in [-0.39, 0.29) is 5.04 Å². The van der Waals surface area contributed by atoms with Crippen molar-refractivity contribution in [1.82, 2.24) is 0 Å². The van der Waals surface area contributed by atoms with Crippen LogP contribution in [0.1, 0.15) is 38.3 Å². The maximum Gasteiger partial charge on any atom is 0.216 e. The number of rotatable bonds is 4. The van der Waals surface area contributed by atoms with Crippen molar-refractivity contribution in [3.05, 3.63) is 35.4 Å². The fourth-order valence-corrected chi connectivity index (χ4v) is 2.78. The highest BCUT2D eigenvalue weighted by Gasteiger charge is 2.39. The number of hydrogen-bond donors (Lipinski definition) is 0. The third-order valence-corrected chi connectivity index (χ3v) is 8.89. The van der Waals surface area contributed by atoms with E-state index in [4.69, 9.17) is 4.43 Å². The van der Waals surface area contributed by atoms with Crippen LogP contribution < -0.4 is 0 Å². The predicted octanol–water partition coefficient (Wildman–Crippen LogP) is 5.61. The van der Waals surface area contributed by atoms with Crippen molar-refractivity contribution in [2.24, 2.45) is 0 Å². The van der Waals surface area contributed by atoms with Gasteiger partial charge in [-0.3, -0.25) is 0 Å². The molecule has 0 amide bonds. The van der Waals surface area contributed by atoms with Crippen LogP contribution in [0, 0.1) is 0 Å². The van der Waals surface area contributed by atoms with Crippen molar-refractivity contribution in [1.29, 1.82) is 0 Å². The van der Waals surface area contributed by atoms with E-state index in [1.165, 1.54) is 5.56 Å². The Morgan fingerprint density at radius 3 is 2.11 bits per heavy atom. The molecule has 0 aliphatic rings. The standard InChI is InChI=1S/C14H22FIOSi/c1-14(2,3)18(4,5)17-13(15)12-8-6-11(10-16)7-9-12/h6-9,13H,10H2,1-5H3. The third kappa shape index (κ3) is 4.03. The lowest BCUT2D eigenvalue weighted by Crippen LogP contribution is -2.41. The first-order valence-corrected chi connectivity index (χ1v) is 10.6. The highest BCUT2D eigenvalue weighted by molar-refractivity contribution is 14.1. The zero-order valence-corrected chi connectivity index (χ0v) is 14.9. The number of halogens is 2. The first-order chi connectivity index (χ1) is 8.17. The summed E-state index contributed by atoms with van der Waals surface area (Å²) in [6.07, 6.45) is -1.31. The molecule has 1 aromatic carbocycles. The molecule has 1 nitrogen and oxygen atoms in total. The Balaban J connectivity index is 2.78. The Bertz CT molecular complexity index is 384. The molecule has 18 heavy (non-hydrogen) atoms. The maximum atomic E-state index is 14.2. The summed E-state index contributed by atoms with van der Waals surface area (Å²) in [5.74, 6) is 0. The summed E-state index contributed by atoms with van der Waals surface area (Å²) in [4.78, 5) is 0. The molecule has 4 heteroatoms. The van der Waals surface area contributed by atoms with E-state index in [9.17, 15) is 4.39 Å². The predicted molar refractivity (Wildman–Crippen MR) is 86.3 cm³/mol. The molecule has 0 aromatic heterocycles. The summed E-state index contributed by atoms with van der Waals surface area (Å²) in [7, 11) is -2.05. The molecule has 1 rings (SSSR count). The molecule has 1 unspecified atom stereocenters. The van der Waals surface area contributed by atoms with Gasteiger partial charge in [0.1, 0.15) is 0 Å². The molecule has 102 valence electrons. The molecule has 0 heterocycles. The van der Waals surface area contributed by atoms with E-state index >= 15 is 0 Å². The molecule has 1 aromatic rings. The number of hydrogen-bond acceptors (Lipinski definition) is 1. The molecule has 0 aliphatic heterocycles. The van der Waals surface area contributed by atoms with E-state index < -0.39 is 14.7 Å². The van der Waals surface area contributed by atoms with Crippen LogP contribution in [0.5, 0.6) is 0 Å². The first-order valence-electron chi connectivity index (χ1n) is 6.14. The summed E-state index contributed by atoms with van der Waals surface area (Å²) >= 11 is 2.30. The average molecular weight is 380 g/mol. The van der Waals surface area contributed by atoms with Crippen molar-refractivity contribution >= 4 is 30.9 Å². The Morgan fingerprint density at radius 2 is 1.72 bits per heavy atom.